The average Bonchev–Trinajstić information content (AvgIpc) is 2.49. The number of para-hydroxylation sites is 1. The Morgan fingerprint density at radius 1 is 1.43 bits per heavy atom. The summed E-state index contributed by atoms with van der Waals surface area (Å²) >= 11 is 5.94. The van der Waals surface area contributed by atoms with E-state index in [9.17, 15) is 5.11 Å². The van der Waals surface area contributed by atoms with E-state index in [1.54, 1.807) is 25.1 Å². The lowest BCUT2D eigenvalue weighted by atomic mass is 10.3. The summed E-state index contributed by atoms with van der Waals surface area (Å²) in [5.74, 6) is -0.454. The highest BCUT2D eigenvalue weighted by Crippen LogP contribution is 2.16. The lowest BCUT2D eigenvalue weighted by Crippen LogP contribution is -2.35. The van der Waals surface area contributed by atoms with Gasteiger partial charge < -0.3 is 9.63 Å². The number of hydrogen-bond acceptors (Lipinski definition) is 3. The van der Waals surface area contributed by atoms with E-state index in [-0.39, 0.29) is 0 Å². The van der Waals surface area contributed by atoms with Crippen LogP contribution in [0.5, 0.6) is 5.95 Å². The van der Waals surface area contributed by atoms with Crippen molar-refractivity contribution in [3.63, 3.8) is 0 Å². The second-order valence-corrected chi connectivity index (χ2v) is 3.22. The third kappa shape index (κ3) is 1.33. The van der Waals surface area contributed by atoms with E-state index in [0.29, 0.717) is 16.4 Å². The molecule has 1 aromatic carbocycles. The van der Waals surface area contributed by atoms with Gasteiger partial charge in [-0.1, -0.05) is 23.7 Å². The van der Waals surface area contributed by atoms with Crippen molar-refractivity contribution in [1.82, 2.24) is 5.27 Å². The van der Waals surface area contributed by atoms with Crippen molar-refractivity contribution in [3.05, 3.63) is 35.0 Å². The molecule has 0 amide bonds. The zero-order valence-corrected chi connectivity index (χ0v) is 8.15. The third-order valence-corrected chi connectivity index (χ3v) is 2.22. The summed E-state index contributed by atoms with van der Waals surface area (Å²) < 4.78 is 5.88. The van der Waals surface area contributed by atoms with Crippen molar-refractivity contribution < 1.29 is 14.3 Å². The number of rotatable bonds is 1. The fraction of sp³-hybridized carbons (Fsp3) is 0.111. The van der Waals surface area contributed by atoms with Crippen LogP contribution in [-0.2, 0) is 0 Å². The first-order valence-electron chi connectivity index (χ1n) is 4.00. The molecule has 0 spiro atoms. The van der Waals surface area contributed by atoms with Crippen LogP contribution in [0, 0.1) is 6.92 Å². The molecule has 2 aromatic rings. The zero-order chi connectivity index (χ0) is 10.1. The number of nitrogens with zero attached hydrogens (tertiary/aromatic N) is 2. The zero-order valence-electron chi connectivity index (χ0n) is 7.40. The lowest BCUT2D eigenvalue weighted by Gasteiger charge is -1.93. The molecule has 0 unspecified atom stereocenters. The second kappa shape index (κ2) is 3.31. The number of halogens is 1. The Balaban J connectivity index is 2.60. The first-order valence-corrected chi connectivity index (χ1v) is 4.38. The highest BCUT2D eigenvalue weighted by atomic mass is 35.5. The van der Waals surface area contributed by atoms with E-state index in [0.717, 1.165) is 0 Å². The minimum atomic E-state index is -0.454. The van der Waals surface area contributed by atoms with Gasteiger partial charge in [0.25, 0.3) is 5.69 Å². The van der Waals surface area contributed by atoms with E-state index < -0.39 is 5.95 Å². The largest absolute Gasteiger partial charge is 0.539 e. The normalized spacial score (nSPS) is 10.4. The molecule has 0 radical (unpaired) electrons. The Morgan fingerprint density at radius 2 is 2.14 bits per heavy atom. The van der Waals surface area contributed by atoms with Gasteiger partial charge in [-0.25, -0.2) is 0 Å². The molecule has 1 heterocycles. The third-order valence-electron chi connectivity index (χ3n) is 1.90. The molecule has 0 fully saturated rings. The molecule has 0 aliphatic rings. The first kappa shape index (κ1) is 9.02. The molecule has 0 aliphatic carbocycles. The molecule has 14 heavy (non-hydrogen) atoms. The molecule has 2 rings (SSSR count). The molecule has 72 valence electrons. The molecule has 0 saturated heterocycles. The molecule has 0 atom stereocenters. The Kier molecular flexibility index (Phi) is 2.13. The van der Waals surface area contributed by atoms with Crippen LogP contribution in [-0.4, -0.2) is 5.27 Å². The summed E-state index contributed by atoms with van der Waals surface area (Å²) in [5, 5.41) is 15.1. The monoisotopic (exact) mass is 210 g/mol. The van der Waals surface area contributed by atoms with Gasteiger partial charge in [0.1, 0.15) is 5.02 Å². The van der Waals surface area contributed by atoms with Gasteiger partial charge in [-0.3, -0.25) is 0 Å². The quantitative estimate of drug-likeness (QED) is 0.660. The summed E-state index contributed by atoms with van der Waals surface area (Å²) in [5.41, 5.74) is 1.04. The molecule has 5 heteroatoms. The topological polar surface area (TPSA) is 53.0 Å². The van der Waals surface area contributed by atoms with Crippen LogP contribution in [0.3, 0.4) is 0 Å². The fourth-order valence-corrected chi connectivity index (χ4v) is 1.36. The van der Waals surface area contributed by atoms with E-state index in [1.807, 2.05) is 6.07 Å². The Morgan fingerprint density at radius 3 is 2.71 bits per heavy atom. The number of hydrogen-bond donors (Lipinski definition) is 0. The van der Waals surface area contributed by atoms with E-state index in [1.165, 1.54) is 4.68 Å². The first-order chi connectivity index (χ1) is 6.70. The van der Waals surface area contributed by atoms with Gasteiger partial charge in [-0.2, -0.15) is 0 Å². The summed E-state index contributed by atoms with van der Waals surface area (Å²) in [4.78, 5) is 0. The van der Waals surface area contributed by atoms with Crippen LogP contribution < -0.4 is 9.79 Å². The van der Waals surface area contributed by atoms with Crippen molar-refractivity contribution in [2.24, 2.45) is 0 Å². The molecular formula is C9H7ClN2O2. The molecule has 0 bridgehead atoms. The standard InChI is InChI=1S/C9H7ClN2O2/c1-6-9(13)14-11-12(6)8-5-3-2-4-7(8)10/h2-5H,1H3. The van der Waals surface area contributed by atoms with Crippen LogP contribution in [0.15, 0.2) is 28.8 Å². The molecular weight excluding hydrogens is 204 g/mol. The summed E-state index contributed by atoms with van der Waals surface area (Å²) in [6, 6.07) is 7.10. The van der Waals surface area contributed by atoms with Gasteiger partial charge >= 0.3 is 0 Å². The fourth-order valence-electron chi connectivity index (χ4n) is 1.14. The smallest absolute Gasteiger partial charge is 0.258 e. The maximum Gasteiger partial charge on any atom is 0.258 e. The Bertz CT molecular complexity index is 468. The Hall–Kier alpha value is -1.55. The lowest BCUT2D eigenvalue weighted by molar-refractivity contribution is -0.676. The van der Waals surface area contributed by atoms with Crippen LogP contribution in [0.2, 0.25) is 5.02 Å². The van der Waals surface area contributed by atoms with Gasteiger partial charge in [-0.15, -0.1) is 0 Å². The van der Waals surface area contributed by atoms with Gasteiger partial charge in [0.15, 0.2) is 5.95 Å². The van der Waals surface area contributed by atoms with Crippen LogP contribution >= 0.6 is 11.6 Å². The maximum atomic E-state index is 11.0. The summed E-state index contributed by atoms with van der Waals surface area (Å²) in [6.45, 7) is 1.63. The Labute approximate surface area is 85.3 Å². The molecule has 4 nitrogen and oxygen atoms in total. The molecule has 0 N–H and O–H groups in total. The highest BCUT2D eigenvalue weighted by Gasteiger charge is 2.18. The highest BCUT2D eigenvalue weighted by molar-refractivity contribution is 6.32. The van der Waals surface area contributed by atoms with Crippen LogP contribution in [0.25, 0.3) is 5.69 Å². The predicted molar refractivity (Wildman–Crippen MR) is 47.2 cm³/mol. The van der Waals surface area contributed by atoms with Gasteiger partial charge in [0, 0.05) is 13.0 Å². The number of aromatic nitrogens is 2. The average molecular weight is 211 g/mol. The van der Waals surface area contributed by atoms with Crippen molar-refractivity contribution in [3.8, 4) is 11.6 Å². The van der Waals surface area contributed by atoms with Gasteiger partial charge in [0.05, 0.1) is 5.27 Å². The van der Waals surface area contributed by atoms with Crippen molar-refractivity contribution in [2.75, 3.05) is 0 Å². The van der Waals surface area contributed by atoms with E-state index in [4.69, 9.17) is 11.6 Å². The van der Waals surface area contributed by atoms with Gasteiger partial charge in [0.2, 0.25) is 5.69 Å². The minimum absolute atomic E-state index is 0.401. The molecule has 0 aliphatic heterocycles. The van der Waals surface area contributed by atoms with Crippen LogP contribution in [0.1, 0.15) is 5.69 Å². The second-order valence-electron chi connectivity index (χ2n) is 2.81. The predicted octanol–water partition coefficient (Wildman–Crippen LogP) is 0.987. The SMILES string of the molecule is Cc1c([O-])on[n+]1-c1ccccc1Cl. The summed E-state index contributed by atoms with van der Waals surface area (Å²) in [6.07, 6.45) is 0. The van der Waals surface area contributed by atoms with Crippen LogP contribution in [0.4, 0.5) is 0 Å². The van der Waals surface area contributed by atoms with E-state index >= 15 is 0 Å². The summed E-state index contributed by atoms with van der Waals surface area (Å²) in [7, 11) is 0. The van der Waals surface area contributed by atoms with Crippen molar-refractivity contribution >= 4 is 11.6 Å². The minimum Gasteiger partial charge on any atom is -0.539 e. The van der Waals surface area contributed by atoms with Crippen molar-refractivity contribution in [1.29, 1.82) is 0 Å². The van der Waals surface area contributed by atoms with Crippen molar-refractivity contribution in [2.45, 2.75) is 6.92 Å². The van der Waals surface area contributed by atoms with E-state index in [2.05, 4.69) is 9.79 Å². The maximum absolute atomic E-state index is 11.0. The molecule has 1 aromatic heterocycles. The number of benzene rings is 1. The van der Waals surface area contributed by atoms with Gasteiger partial charge in [-0.05, 0) is 10.7 Å². The molecule has 0 saturated carbocycles.